The van der Waals surface area contributed by atoms with Gasteiger partial charge in [-0.25, -0.2) is 0 Å². The molecule has 168 valence electrons. The predicted molar refractivity (Wildman–Crippen MR) is 132 cm³/mol. The van der Waals surface area contributed by atoms with Gasteiger partial charge in [0.1, 0.15) is 12.4 Å². The molecule has 0 aliphatic carbocycles. The summed E-state index contributed by atoms with van der Waals surface area (Å²) in [4.78, 5) is 18.2. The van der Waals surface area contributed by atoms with E-state index in [0.717, 1.165) is 56.8 Å². The van der Waals surface area contributed by atoms with E-state index in [0.29, 0.717) is 28.2 Å². The second kappa shape index (κ2) is 11.0. The van der Waals surface area contributed by atoms with Gasteiger partial charge in [-0.2, -0.15) is 0 Å². The predicted octanol–water partition coefficient (Wildman–Crippen LogP) is 4.87. The largest absolute Gasteiger partial charge is 0.491 e. The lowest BCUT2D eigenvalue weighted by atomic mass is 10.1. The van der Waals surface area contributed by atoms with Crippen LogP contribution in [0.25, 0.3) is 21.8 Å². The van der Waals surface area contributed by atoms with E-state index in [-0.39, 0.29) is 5.43 Å². The van der Waals surface area contributed by atoms with Crippen molar-refractivity contribution >= 4 is 33.4 Å². The van der Waals surface area contributed by atoms with E-state index in [9.17, 15) is 4.79 Å². The second-order valence-corrected chi connectivity index (χ2v) is 8.13. The molecular weight excluding hydrogens is 410 g/mol. The fraction of sp³-hybridized carbons (Fsp3) is 0.480. The third-order valence-electron chi connectivity index (χ3n) is 6.11. The van der Waals surface area contributed by atoms with Crippen LogP contribution in [0.5, 0.6) is 5.75 Å². The zero-order valence-electron chi connectivity index (χ0n) is 19.2. The molecule has 0 aliphatic heterocycles. The third-order valence-corrected chi connectivity index (χ3v) is 6.35. The molecule has 2 aromatic carbocycles. The molecule has 0 saturated heterocycles. The number of hydrogen-bond acceptors (Lipinski definition) is 4. The Balaban J connectivity index is 2.09. The average Bonchev–Trinajstić information content (AvgIpc) is 2.79. The van der Waals surface area contributed by atoms with Crippen molar-refractivity contribution < 1.29 is 4.74 Å². The van der Waals surface area contributed by atoms with Gasteiger partial charge < -0.3 is 19.1 Å². The summed E-state index contributed by atoms with van der Waals surface area (Å²) < 4.78 is 8.35. The molecule has 1 heterocycles. The Morgan fingerprint density at radius 1 is 0.903 bits per heavy atom. The first kappa shape index (κ1) is 23.6. The molecule has 0 unspecified atom stereocenters. The average molecular weight is 444 g/mol. The number of likely N-dealkylation sites (N-methyl/N-ethyl adjacent to an activating group) is 2. The monoisotopic (exact) mass is 443 g/mol. The first-order valence-corrected chi connectivity index (χ1v) is 11.7. The van der Waals surface area contributed by atoms with Gasteiger partial charge in [0.15, 0.2) is 0 Å². The lowest BCUT2D eigenvalue weighted by molar-refractivity contribution is 0.224. The van der Waals surface area contributed by atoms with Gasteiger partial charge in [-0.3, -0.25) is 4.79 Å². The van der Waals surface area contributed by atoms with Crippen molar-refractivity contribution in [3.8, 4) is 5.75 Å². The topological polar surface area (TPSA) is 37.7 Å². The van der Waals surface area contributed by atoms with Crippen LogP contribution in [0, 0.1) is 0 Å². The second-order valence-electron chi connectivity index (χ2n) is 7.69. The maximum absolute atomic E-state index is 13.5. The first-order chi connectivity index (χ1) is 15.0. The van der Waals surface area contributed by atoms with Crippen LogP contribution in [0.15, 0.2) is 41.2 Å². The number of ether oxygens (including phenoxy) is 1. The number of pyridine rings is 1. The standard InChI is InChI=1S/C25H34ClN3O2/c1-5-27(6-2)14-15-29-21-10-9-11-23(31-17-16-28(7-3)8-4)24(21)25(30)20-13-12-19(26)18-22(20)29/h9-13,18H,5-8,14-17H2,1-4H3. The SMILES string of the molecule is CCN(CC)CCOc1cccc2c1c(=O)c1ccc(Cl)cc1n2CCN(CC)CC. The molecule has 1 aromatic heterocycles. The summed E-state index contributed by atoms with van der Waals surface area (Å²) in [5.41, 5.74) is 1.77. The van der Waals surface area contributed by atoms with Crippen molar-refractivity contribution in [1.82, 2.24) is 14.4 Å². The molecule has 3 aromatic rings. The molecule has 5 nitrogen and oxygen atoms in total. The fourth-order valence-corrected chi connectivity index (χ4v) is 4.29. The Hall–Kier alpha value is -2.08. The summed E-state index contributed by atoms with van der Waals surface area (Å²) in [6.45, 7) is 15.7. The van der Waals surface area contributed by atoms with Crippen molar-refractivity contribution in [3.05, 3.63) is 51.6 Å². The number of benzene rings is 2. The van der Waals surface area contributed by atoms with Crippen molar-refractivity contribution in [2.24, 2.45) is 0 Å². The molecule has 0 amide bonds. The highest BCUT2D eigenvalue weighted by Crippen LogP contribution is 2.28. The van der Waals surface area contributed by atoms with Gasteiger partial charge in [-0.05, 0) is 56.5 Å². The molecule has 0 atom stereocenters. The Bertz CT molecular complexity index is 1070. The van der Waals surface area contributed by atoms with Crippen LogP contribution in [0.4, 0.5) is 0 Å². The minimum atomic E-state index is -0.000745. The molecule has 0 spiro atoms. The van der Waals surface area contributed by atoms with E-state index in [1.165, 1.54) is 0 Å². The number of nitrogens with zero attached hydrogens (tertiary/aromatic N) is 3. The van der Waals surface area contributed by atoms with E-state index < -0.39 is 0 Å². The van der Waals surface area contributed by atoms with Gasteiger partial charge >= 0.3 is 0 Å². The highest BCUT2D eigenvalue weighted by atomic mass is 35.5. The lowest BCUT2D eigenvalue weighted by Gasteiger charge is -2.22. The van der Waals surface area contributed by atoms with Gasteiger partial charge in [0.25, 0.3) is 0 Å². The molecule has 3 rings (SSSR count). The van der Waals surface area contributed by atoms with Crippen molar-refractivity contribution in [3.63, 3.8) is 0 Å². The number of halogens is 1. The quantitative estimate of drug-likeness (QED) is 0.396. The molecule has 0 N–H and O–H groups in total. The Labute approximate surface area is 190 Å². The first-order valence-electron chi connectivity index (χ1n) is 11.4. The van der Waals surface area contributed by atoms with Gasteiger partial charge in [-0.1, -0.05) is 45.4 Å². The minimum Gasteiger partial charge on any atom is -0.491 e. The molecule has 31 heavy (non-hydrogen) atoms. The number of aromatic nitrogens is 1. The molecule has 0 aliphatic rings. The highest BCUT2D eigenvalue weighted by Gasteiger charge is 2.16. The summed E-state index contributed by atoms with van der Waals surface area (Å²) in [7, 11) is 0. The van der Waals surface area contributed by atoms with Crippen LogP contribution in [0.2, 0.25) is 5.02 Å². The molecule has 0 radical (unpaired) electrons. The van der Waals surface area contributed by atoms with Crippen LogP contribution >= 0.6 is 11.6 Å². The fourth-order valence-electron chi connectivity index (χ4n) is 4.12. The lowest BCUT2D eigenvalue weighted by Crippen LogP contribution is -2.28. The normalized spacial score (nSPS) is 11.8. The summed E-state index contributed by atoms with van der Waals surface area (Å²) in [5.74, 6) is 0.656. The van der Waals surface area contributed by atoms with Crippen molar-refractivity contribution in [2.45, 2.75) is 34.2 Å². The Morgan fingerprint density at radius 3 is 2.26 bits per heavy atom. The van der Waals surface area contributed by atoms with E-state index in [1.807, 2.05) is 30.3 Å². The summed E-state index contributed by atoms with van der Waals surface area (Å²) in [6, 6.07) is 11.4. The summed E-state index contributed by atoms with van der Waals surface area (Å²) in [5, 5.41) is 1.96. The molecular formula is C25H34ClN3O2. The summed E-state index contributed by atoms with van der Waals surface area (Å²) >= 11 is 6.31. The third kappa shape index (κ3) is 5.22. The number of fused-ring (bicyclic) bond motifs is 2. The van der Waals surface area contributed by atoms with Crippen LogP contribution in [0.3, 0.4) is 0 Å². The maximum atomic E-state index is 13.5. The van der Waals surface area contributed by atoms with E-state index in [2.05, 4.69) is 42.1 Å². The van der Waals surface area contributed by atoms with Crippen LogP contribution in [0.1, 0.15) is 27.7 Å². The van der Waals surface area contributed by atoms with Gasteiger partial charge in [0, 0.05) is 30.0 Å². The van der Waals surface area contributed by atoms with E-state index in [4.69, 9.17) is 16.3 Å². The van der Waals surface area contributed by atoms with Crippen LogP contribution in [-0.2, 0) is 6.54 Å². The number of hydrogen-bond donors (Lipinski definition) is 0. The smallest absolute Gasteiger partial charge is 0.200 e. The molecule has 0 saturated carbocycles. The van der Waals surface area contributed by atoms with Gasteiger partial charge in [0.2, 0.25) is 5.43 Å². The van der Waals surface area contributed by atoms with Crippen LogP contribution < -0.4 is 10.2 Å². The van der Waals surface area contributed by atoms with Crippen LogP contribution in [-0.4, -0.2) is 60.2 Å². The molecule has 6 heteroatoms. The van der Waals surface area contributed by atoms with Gasteiger partial charge in [0.05, 0.1) is 16.4 Å². The maximum Gasteiger partial charge on any atom is 0.200 e. The zero-order chi connectivity index (χ0) is 22.4. The zero-order valence-corrected chi connectivity index (χ0v) is 19.9. The van der Waals surface area contributed by atoms with Gasteiger partial charge in [-0.15, -0.1) is 0 Å². The summed E-state index contributed by atoms with van der Waals surface area (Å²) in [6.07, 6.45) is 0. The molecule has 0 bridgehead atoms. The Kier molecular flexibility index (Phi) is 8.35. The Morgan fingerprint density at radius 2 is 1.58 bits per heavy atom. The van der Waals surface area contributed by atoms with E-state index >= 15 is 0 Å². The van der Waals surface area contributed by atoms with E-state index in [1.54, 1.807) is 6.07 Å². The minimum absolute atomic E-state index is 0.000745. The number of rotatable bonds is 11. The highest BCUT2D eigenvalue weighted by molar-refractivity contribution is 6.31. The van der Waals surface area contributed by atoms with Crippen molar-refractivity contribution in [1.29, 1.82) is 0 Å². The van der Waals surface area contributed by atoms with Crippen molar-refractivity contribution in [2.75, 3.05) is 45.9 Å². The molecule has 0 fully saturated rings.